The highest BCUT2D eigenvalue weighted by molar-refractivity contribution is 9.10. The van der Waals surface area contributed by atoms with Crippen LogP contribution in [-0.2, 0) is 0 Å². The van der Waals surface area contributed by atoms with Gasteiger partial charge in [-0.25, -0.2) is 9.37 Å². The predicted octanol–water partition coefficient (Wildman–Crippen LogP) is 4.95. The summed E-state index contributed by atoms with van der Waals surface area (Å²) in [7, 11) is 1.62. The van der Waals surface area contributed by atoms with Crippen LogP contribution in [0.4, 0.5) is 15.2 Å². The number of thiazole rings is 1. The van der Waals surface area contributed by atoms with Crippen LogP contribution in [0.25, 0.3) is 10.2 Å². The van der Waals surface area contributed by atoms with Crippen molar-refractivity contribution in [2.75, 3.05) is 12.4 Å². The third-order valence-electron chi connectivity index (χ3n) is 2.77. The summed E-state index contributed by atoms with van der Waals surface area (Å²) < 4.78 is 20.7. The van der Waals surface area contributed by atoms with Gasteiger partial charge in [0.1, 0.15) is 11.6 Å². The Morgan fingerprint density at radius 1 is 1.25 bits per heavy atom. The monoisotopic (exact) mass is 352 g/mol. The maximum absolute atomic E-state index is 13.7. The highest BCUT2D eigenvalue weighted by atomic mass is 79.9. The molecule has 0 fully saturated rings. The average molecular weight is 353 g/mol. The maximum Gasteiger partial charge on any atom is 0.188 e. The fourth-order valence-corrected chi connectivity index (χ4v) is 3.06. The molecule has 0 saturated heterocycles. The first-order valence-electron chi connectivity index (χ1n) is 5.82. The van der Waals surface area contributed by atoms with Crippen molar-refractivity contribution in [1.82, 2.24) is 4.98 Å². The smallest absolute Gasteiger partial charge is 0.188 e. The van der Waals surface area contributed by atoms with E-state index in [1.165, 1.54) is 17.4 Å². The van der Waals surface area contributed by atoms with Crippen molar-refractivity contribution in [2.24, 2.45) is 0 Å². The molecule has 2 aromatic carbocycles. The number of hydrogen-bond acceptors (Lipinski definition) is 4. The lowest BCUT2D eigenvalue weighted by molar-refractivity contribution is 0.415. The number of ether oxygens (including phenoxy) is 1. The van der Waals surface area contributed by atoms with Crippen molar-refractivity contribution >= 4 is 48.3 Å². The van der Waals surface area contributed by atoms with Crippen LogP contribution in [0, 0.1) is 5.82 Å². The van der Waals surface area contributed by atoms with Gasteiger partial charge in [0.15, 0.2) is 5.13 Å². The summed E-state index contributed by atoms with van der Waals surface area (Å²) in [6, 6.07) is 10.4. The van der Waals surface area contributed by atoms with E-state index in [0.29, 0.717) is 10.8 Å². The Morgan fingerprint density at radius 2 is 2.10 bits per heavy atom. The number of rotatable bonds is 3. The molecule has 0 spiro atoms. The lowest BCUT2D eigenvalue weighted by atomic mass is 10.3. The zero-order chi connectivity index (χ0) is 14.1. The minimum absolute atomic E-state index is 0.315. The average Bonchev–Trinajstić information content (AvgIpc) is 2.84. The van der Waals surface area contributed by atoms with Crippen molar-refractivity contribution in [1.29, 1.82) is 0 Å². The normalized spacial score (nSPS) is 10.8. The summed E-state index contributed by atoms with van der Waals surface area (Å²) in [5.41, 5.74) is 1.25. The molecule has 102 valence electrons. The van der Waals surface area contributed by atoms with Crippen LogP contribution in [0.5, 0.6) is 5.75 Å². The summed E-state index contributed by atoms with van der Waals surface area (Å²) in [5, 5.41) is 3.65. The van der Waals surface area contributed by atoms with Gasteiger partial charge in [0.25, 0.3) is 0 Å². The number of hydrogen-bond donors (Lipinski definition) is 1. The standard InChI is InChI=1S/C14H10BrFN2OS/c1-19-9-3-5-11-13(7-9)20-14(17-11)18-12-6-8(15)2-4-10(12)16/h2-7H,1H3,(H,17,18). The molecule has 0 aliphatic carbocycles. The van der Waals surface area contributed by atoms with Crippen molar-refractivity contribution in [2.45, 2.75) is 0 Å². The van der Waals surface area contributed by atoms with E-state index in [0.717, 1.165) is 20.4 Å². The lowest BCUT2D eigenvalue weighted by Crippen LogP contribution is -1.92. The van der Waals surface area contributed by atoms with Crippen LogP contribution in [-0.4, -0.2) is 12.1 Å². The molecule has 0 atom stereocenters. The fraction of sp³-hybridized carbons (Fsp3) is 0.0714. The van der Waals surface area contributed by atoms with E-state index >= 15 is 0 Å². The van der Waals surface area contributed by atoms with Gasteiger partial charge in [0.05, 0.1) is 23.0 Å². The van der Waals surface area contributed by atoms with Crippen LogP contribution in [0.2, 0.25) is 0 Å². The third-order valence-corrected chi connectivity index (χ3v) is 4.19. The number of anilines is 2. The Balaban J connectivity index is 1.96. The van der Waals surface area contributed by atoms with Crippen molar-refractivity contribution < 1.29 is 9.13 Å². The number of nitrogens with one attached hydrogen (secondary N) is 1. The lowest BCUT2D eigenvalue weighted by Gasteiger charge is -2.04. The molecule has 1 heterocycles. The second kappa shape index (κ2) is 5.38. The predicted molar refractivity (Wildman–Crippen MR) is 83.6 cm³/mol. The second-order valence-corrected chi connectivity index (χ2v) is 6.05. The Bertz CT molecular complexity index is 775. The number of fused-ring (bicyclic) bond motifs is 1. The molecule has 3 rings (SSSR count). The first kappa shape index (κ1) is 13.3. The molecule has 0 radical (unpaired) electrons. The Morgan fingerprint density at radius 3 is 2.90 bits per heavy atom. The number of nitrogens with zero attached hydrogens (tertiary/aromatic N) is 1. The quantitative estimate of drug-likeness (QED) is 0.723. The molecule has 3 nitrogen and oxygen atoms in total. The molecule has 0 aliphatic rings. The summed E-state index contributed by atoms with van der Waals surface area (Å²) in [6.07, 6.45) is 0. The Kier molecular flexibility index (Phi) is 3.58. The minimum atomic E-state index is -0.315. The molecule has 0 saturated carbocycles. The van der Waals surface area contributed by atoms with Gasteiger partial charge in [0, 0.05) is 4.47 Å². The van der Waals surface area contributed by atoms with E-state index in [-0.39, 0.29) is 5.82 Å². The largest absolute Gasteiger partial charge is 0.497 e. The summed E-state index contributed by atoms with van der Waals surface area (Å²) in [4.78, 5) is 4.42. The zero-order valence-electron chi connectivity index (χ0n) is 10.5. The van der Waals surface area contributed by atoms with Gasteiger partial charge in [-0.15, -0.1) is 0 Å². The summed E-state index contributed by atoms with van der Waals surface area (Å²) >= 11 is 4.78. The highest BCUT2D eigenvalue weighted by Crippen LogP contribution is 2.32. The van der Waals surface area contributed by atoms with Gasteiger partial charge in [-0.05, 0) is 36.4 Å². The first-order valence-corrected chi connectivity index (χ1v) is 7.43. The fourth-order valence-electron chi connectivity index (χ4n) is 1.79. The van der Waals surface area contributed by atoms with Crippen LogP contribution in [0.3, 0.4) is 0 Å². The number of aromatic nitrogens is 1. The van der Waals surface area contributed by atoms with Crippen LogP contribution in [0.1, 0.15) is 0 Å². The summed E-state index contributed by atoms with van der Waals surface area (Å²) in [5.74, 6) is 0.464. The molecule has 1 aromatic heterocycles. The summed E-state index contributed by atoms with van der Waals surface area (Å²) in [6.45, 7) is 0. The van der Waals surface area contributed by atoms with Gasteiger partial charge in [-0.2, -0.15) is 0 Å². The maximum atomic E-state index is 13.7. The molecular formula is C14H10BrFN2OS. The molecular weight excluding hydrogens is 343 g/mol. The minimum Gasteiger partial charge on any atom is -0.497 e. The first-order chi connectivity index (χ1) is 9.65. The van der Waals surface area contributed by atoms with Crippen molar-refractivity contribution in [3.63, 3.8) is 0 Å². The topological polar surface area (TPSA) is 34.1 Å². The van der Waals surface area contributed by atoms with Crippen LogP contribution < -0.4 is 10.1 Å². The molecule has 3 aromatic rings. The van der Waals surface area contributed by atoms with E-state index < -0.39 is 0 Å². The SMILES string of the molecule is COc1ccc2nc(Nc3cc(Br)ccc3F)sc2c1. The van der Waals surface area contributed by atoms with Crippen LogP contribution >= 0.6 is 27.3 Å². The van der Waals surface area contributed by atoms with Gasteiger partial charge in [0.2, 0.25) is 0 Å². The Hall–Kier alpha value is -1.66. The number of halogens is 2. The molecule has 0 unspecified atom stereocenters. The van der Waals surface area contributed by atoms with Crippen LogP contribution in [0.15, 0.2) is 40.9 Å². The van der Waals surface area contributed by atoms with E-state index in [4.69, 9.17) is 4.74 Å². The molecule has 0 bridgehead atoms. The number of benzene rings is 2. The van der Waals surface area contributed by atoms with Gasteiger partial charge >= 0.3 is 0 Å². The van der Waals surface area contributed by atoms with Gasteiger partial charge in [-0.3, -0.25) is 0 Å². The van der Waals surface area contributed by atoms with Gasteiger partial charge in [-0.1, -0.05) is 27.3 Å². The second-order valence-electron chi connectivity index (χ2n) is 4.10. The highest BCUT2D eigenvalue weighted by Gasteiger charge is 2.08. The molecule has 1 N–H and O–H groups in total. The third kappa shape index (κ3) is 2.62. The Labute approximate surface area is 127 Å². The van der Waals surface area contributed by atoms with Crippen molar-refractivity contribution in [3.05, 3.63) is 46.7 Å². The molecule has 20 heavy (non-hydrogen) atoms. The number of methoxy groups -OCH3 is 1. The zero-order valence-corrected chi connectivity index (χ0v) is 12.9. The van der Waals surface area contributed by atoms with E-state index in [1.54, 1.807) is 19.2 Å². The molecule has 6 heteroatoms. The van der Waals surface area contributed by atoms with E-state index in [9.17, 15) is 4.39 Å². The van der Waals surface area contributed by atoms with E-state index in [2.05, 4.69) is 26.2 Å². The van der Waals surface area contributed by atoms with Crippen molar-refractivity contribution in [3.8, 4) is 5.75 Å². The molecule has 0 aliphatic heterocycles. The van der Waals surface area contributed by atoms with Gasteiger partial charge < -0.3 is 10.1 Å². The molecule has 0 amide bonds. The van der Waals surface area contributed by atoms with E-state index in [1.807, 2.05) is 18.2 Å².